The van der Waals surface area contributed by atoms with Crippen molar-refractivity contribution in [2.45, 2.75) is 39.2 Å². The molecule has 0 saturated heterocycles. The van der Waals surface area contributed by atoms with Crippen molar-refractivity contribution in [2.75, 3.05) is 6.61 Å². The Balaban J connectivity index is 2.32. The van der Waals surface area contributed by atoms with Crippen LogP contribution >= 0.6 is 11.3 Å². The van der Waals surface area contributed by atoms with Gasteiger partial charge in [0.1, 0.15) is 5.82 Å². The van der Waals surface area contributed by atoms with Crippen LogP contribution in [0.2, 0.25) is 0 Å². The quantitative estimate of drug-likeness (QED) is 0.698. The lowest BCUT2D eigenvalue weighted by molar-refractivity contribution is 0.0521. The van der Waals surface area contributed by atoms with Gasteiger partial charge >= 0.3 is 0 Å². The fourth-order valence-corrected chi connectivity index (χ4v) is 2.81. The molecule has 0 bridgehead atoms. The van der Waals surface area contributed by atoms with E-state index in [9.17, 15) is 4.39 Å². The van der Waals surface area contributed by atoms with Crippen molar-refractivity contribution in [3.05, 3.63) is 40.5 Å². The minimum Gasteiger partial charge on any atom is -0.374 e. The zero-order chi connectivity index (χ0) is 14.4. The Morgan fingerprint density at radius 1 is 1.35 bits per heavy atom. The molecule has 0 fully saturated rings. The van der Waals surface area contributed by atoms with Crippen LogP contribution in [0.15, 0.2) is 29.1 Å². The van der Waals surface area contributed by atoms with Crippen molar-refractivity contribution >= 4 is 11.3 Å². The monoisotopic (exact) mass is 293 g/mol. The number of halogens is 1. The Morgan fingerprint density at radius 3 is 2.85 bits per heavy atom. The van der Waals surface area contributed by atoms with E-state index in [1.54, 1.807) is 11.6 Å². The minimum absolute atomic E-state index is 0.168. The van der Waals surface area contributed by atoms with Gasteiger partial charge in [0.05, 0.1) is 17.3 Å². The molecule has 1 heterocycles. The van der Waals surface area contributed by atoms with Crippen molar-refractivity contribution in [2.24, 2.45) is 0 Å². The van der Waals surface area contributed by atoms with Crippen LogP contribution < -0.4 is 0 Å². The third-order valence-corrected chi connectivity index (χ3v) is 3.86. The van der Waals surface area contributed by atoms with E-state index in [-0.39, 0.29) is 11.9 Å². The first kappa shape index (κ1) is 15.1. The lowest BCUT2D eigenvalue weighted by Crippen LogP contribution is -2.07. The molecular formula is C16H20FNOS. The number of benzene rings is 1. The SMILES string of the molecule is CCCCC(OCC)c1cccc(-c2cscn2)c1F. The molecule has 1 aromatic heterocycles. The maximum Gasteiger partial charge on any atom is 0.138 e. The molecule has 1 unspecified atom stereocenters. The van der Waals surface area contributed by atoms with Gasteiger partial charge in [0.15, 0.2) is 0 Å². The van der Waals surface area contributed by atoms with E-state index in [1.807, 2.05) is 24.4 Å². The molecule has 2 aromatic rings. The van der Waals surface area contributed by atoms with Crippen LogP contribution in [-0.4, -0.2) is 11.6 Å². The fourth-order valence-electron chi connectivity index (χ4n) is 2.26. The van der Waals surface area contributed by atoms with Gasteiger partial charge in [0.2, 0.25) is 0 Å². The molecule has 1 aromatic carbocycles. The molecule has 0 aliphatic rings. The highest BCUT2D eigenvalue weighted by Gasteiger charge is 2.19. The molecule has 0 spiro atoms. The Kier molecular flexibility index (Phi) is 5.68. The van der Waals surface area contributed by atoms with Crippen LogP contribution in [0.25, 0.3) is 11.3 Å². The maximum atomic E-state index is 14.7. The number of nitrogens with zero attached hydrogens (tertiary/aromatic N) is 1. The number of rotatable bonds is 7. The smallest absolute Gasteiger partial charge is 0.138 e. The van der Waals surface area contributed by atoms with E-state index >= 15 is 0 Å². The molecular weight excluding hydrogens is 273 g/mol. The lowest BCUT2D eigenvalue weighted by Gasteiger charge is -2.19. The van der Waals surface area contributed by atoms with Crippen molar-refractivity contribution in [3.8, 4) is 11.3 Å². The highest BCUT2D eigenvalue weighted by Crippen LogP contribution is 2.31. The molecule has 0 amide bonds. The summed E-state index contributed by atoms with van der Waals surface area (Å²) in [6.45, 7) is 4.67. The summed E-state index contributed by atoms with van der Waals surface area (Å²) >= 11 is 1.47. The van der Waals surface area contributed by atoms with E-state index in [2.05, 4.69) is 11.9 Å². The predicted molar refractivity (Wildman–Crippen MR) is 81.4 cm³/mol. The summed E-state index contributed by atoms with van der Waals surface area (Å²) in [6, 6.07) is 5.48. The molecule has 2 rings (SSSR count). The largest absolute Gasteiger partial charge is 0.374 e. The van der Waals surface area contributed by atoms with Gasteiger partial charge in [0.25, 0.3) is 0 Å². The van der Waals surface area contributed by atoms with Gasteiger partial charge in [0, 0.05) is 23.1 Å². The summed E-state index contributed by atoms with van der Waals surface area (Å²) < 4.78 is 20.4. The highest BCUT2D eigenvalue weighted by atomic mass is 32.1. The standard InChI is InChI=1S/C16H20FNOS/c1-3-5-9-15(19-4-2)13-8-6-7-12(16(13)17)14-10-20-11-18-14/h6-8,10-11,15H,3-5,9H2,1-2H3. The van der Waals surface area contributed by atoms with E-state index in [4.69, 9.17) is 4.74 Å². The van der Waals surface area contributed by atoms with Gasteiger partial charge < -0.3 is 4.74 Å². The summed E-state index contributed by atoms with van der Waals surface area (Å²) in [5, 5.41) is 1.87. The third kappa shape index (κ3) is 3.44. The Hall–Kier alpha value is -1.26. The number of unbranched alkanes of at least 4 members (excludes halogenated alkanes) is 1. The van der Waals surface area contributed by atoms with Crippen LogP contribution in [0.3, 0.4) is 0 Å². The second-order valence-electron chi connectivity index (χ2n) is 4.67. The van der Waals surface area contributed by atoms with Crippen LogP contribution in [0.5, 0.6) is 0 Å². The van der Waals surface area contributed by atoms with Gasteiger partial charge in [-0.25, -0.2) is 9.37 Å². The topological polar surface area (TPSA) is 22.1 Å². The Bertz CT molecular complexity index is 527. The van der Waals surface area contributed by atoms with E-state index < -0.39 is 0 Å². The zero-order valence-electron chi connectivity index (χ0n) is 11.9. The van der Waals surface area contributed by atoms with Crippen molar-refractivity contribution < 1.29 is 9.13 Å². The number of hydrogen-bond acceptors (Lipinski definition) is 3. The summed E-state index contributed by atoms with van der Waals surface area (Å²) in [5.74, 6) is -0.201. The number of hydrogen-bond donors (Lipinski definition) is 0. The van der Waals surface area contributed by atoms with Gasteiger partial charge in [-0.15, -0.1) is 11.3 Å². The van der Waals surface area contributed by atoms with Crippen LogP contribution in [-0.2, 0) is 4.74 Å². The average Bonchev–Trinajstić information content (AvgIpc) is 2.98. The normalized spacial score (nSPS) is 12.6. The molecule has 0 N–H and O–H groups in total. The van der Waals surface area contributed by atoms with Crippen molar-refractivity contribution in [1.82, 2.24) is 4.98 Å². The molecule has 2 nitrogen and oxygen atoms in total. The van der Waals surface area contributed by atoms with Gasteiger partial charge in [-0.2, -0.15) is 0 Å². The highest BCUT2D eigenvalue weighted by molar-refractivity contribution is 7.07. The second-order valence-corrected chi connectivity index (χ2v) is 5.39. The molecule has 1 atom stereocenters. The predicted octanol–water partition coefficient (Wildman–Crippen LogP) is 5.22. The first-order valence-electron chi connectivity index (χ1n) is 7.06. The molecule has 0 radical (unpaired) electrons. The molecule has 4 heteroatoms. The lowest BCUT2D eigenvalue weighted by atomic mass is 9.99. The zero-order valence-corrected chi connectivity index (χ0v) is 12.8. The van der Waals surface area contributed by atoms with Crippen LogP contribution in [0.1, 0.15) is 44.8 Å². The average molecular weight is 293 g/mol. The molecule has 0 saturated carbocycles. The van der Waals surface area contributed by atoms with Crippen molar-refractivity contribution in [3.63, 3.8) is 0 Å². The van der Waals surface area contributed by atoms with Crippen LogP contribution in [0.4, 0.5) is 4.39 Å². The molecule has 108 valence electrons. The van der Waals surface area contributed by atoms with E-state index in [0.717, 1.165) is 19.3 Å². The minimum atomic E-state index is -0.201. The number of thiazole rings is 1. The molecule has 20 heavy (non-hydrogen) atoms. The van der Waals surface area contributed by atoms with Crippen molar-refractivity contribution in [1.29, 1.82) is 0 Å². The van der Waals surface area contributed by atoms with Gasteiger partial charge in [-0.05, 0) is 19.4 Å². The second kappa shape index (κ2) is 7.50. The summed E-state index contributed by atoms with van der Waals surface area (Å²) in [6.07, 6.45) is 2.79. The van der Waals surface area contributed by atoms with Crippen LogP contribution in [0, 0.1) is 5.82 Å². The van der Waals surface area contributed by atoms with Gasteiger partial charge in [-0.3, -0.25) is 0 Å². The molecule has 0 aliphatic carbocycles. The number of ether oxygens (including phenoxy) is 1. The summed E-state index contributed by atoms with van der Waals surface area (Å²) in [4.78, 5) is 4.19. The number of aromatic nitrogens is 1. The summed E-state index contributed by atoms with van der Waals surface area (Å²) in [5.41, 5.74) is 3.62. The third-order valence-electron chi connectivity index (χ3n) is 3.27. The first-order valence-corrected chi connectivity index (χ1v) is 8.00. The fraction of sp³-hybridized carbons (Fsp3) is 0.438. The maximum absolute atomic E-state index is 14.7. The molecule has 0 aliphatic heterocycles. The Labute approximate surface area is 123 Å². The summed E-state index contributed by atoms with van der Waals surface area (Å²) in [7, 11) is 0. The Morgan fingerprint density at radius 2 is 2.20 bits per heavy atom. The first-order chi connectivity index (χ1) is 9.77. The van der Waals surface area contributed by atoms with Gasteiger partial charge in [-0.1, -0.05) is 31.9 Å². The van der Waals surface area contributed by atoms with E-state index in [0.29, 0.717) is 23.4 Å². The van der Waals surface area contributed by atoms with E-state index in [1.165, 1.54) is 11.3 Å².